The van der Waals surface area contributed by atoms with Crippen LogP contribution in [0.25, 0.3) is 0 Å². The molecule has 0 spiro atoms. The number of nitrogens with zero attached hydrogens (tertiary/aromatic N) is 1. The average Bonchev–Trinajstić information content (AvgIpc) is 2.49. The van der Waals surface area contributed by atoms with Gasteiger partial charge in [-0.3, -0.25) is 4.79 Å². The van der Waals surface area contributed by atoms with Crippen LogP contribution in [-0.4, -0.2) is 32.2 Å². The Morgan fingerprint density at radius 3 is 2.42 bits per heavy atom. The van der Waals surface area contributed by atoms with Gasteiger partial charge in [0.05, 0.1) is 11.6 Å². The summed E-state index contributed by atoms with van der Waals surface area (Å²) >= 11 is 5.79. The first-order valence-corrected chi connectivity index (χ1v) is 8.80. The van der Waals surface area contributed by atoms with Crippen molar-refractivity contribution in [1.29, 1.82) is 0 Å². The maximum Gasteiger partial charge on any atom is 0.244 e. The third kappa shape index (κ3) is 4.31. The lowest BCUT2D eigenvalue weighted by Gasteiger charge is -2.17. The lowest BCUT2D eigenvalue weighted by Crippen LogP contribution is -2.35. The fraction of sp³-hybridized carbons (Fsp3) is 0.188. The van der Waals surface area contributed by atoms with Gasteiger partial charge in [-0.05, 0) is 37.3 Å². The van der Waals surface area contributed by atoms with Gasteiger partial charge in [0.15, 0.2) is 0 Å². The fourth-order valence-electron chi connectivity index (χ4n) is 1.98. The molecule has 0 aliphatic rings. The van der Waals surface area contributed by atoms with Crippen LogP contribution in [-0.2, 0) is 14.8 Å². The molecule has 0 saturated carbocycles. The zero-order chi connectivity index (χ0) is 17.9. The largest absolute Gasteiger partial charge is 0.325 e. The summed E-state index contributed by atoms with van der Waals surface area (Å²) in [6.07, 6.45) is 0. The molecule has 0 radical (unpaired) electrons. The number of carbonyl (C=O) groups is 1. The summed E-state index contributed by atoms with van der Waals surface area (Å²) < 4.78 is 38.8. The summed E-state index contributed by atoms with van der Waals surface area (Å²) in [5.74, 6) is -1.14. The first-order chi connectivity index (χ1) is 11.2. The van der Waals surface area contributed by atoms with Crippen molar-refractivity contribution in [1.82, 2.24) is 4.31 Å². The molecule has 0 saturated heterocycles. The van der Waals surface area contributed by atoms with E-state index < -0.39 is 28.3 Å². The highest BCUT2D eigenvalue weighted by Crippen LogP contribution is 2.24. The van der Waals surface area contributed by atoms with Crippen LogP contribution in [0.3, 0.4) is 0 Å². The molecular formula is C16H16ClFN2O3S. The lowest BCUT2D eigenvalue weighted by atomic mass is 10.2. The number of halogens is 2. The molecule has 128 valence electrons. The maximum atomic E-state index is 13.1. The predicted molar refractivity (Wildman–Crippen MR) is 91.0 cm³/mol. The second kappa shape index (κ2) is 7.29. The molecule has 0 bridgehead atoms. The van der Waals surface area contributed by atoms with E-state index >= 15 is 0 Å². The molecule has 0 fully saturated rings. The second-order valence-corrected chi connectivity index (χ2v) is 7.67. The van der Waals surface area contributed by atoms with Gasteiger partial charge < -0.3 is 5.32 Å². The van der Waals surface area contributed by atoms with E-state index in [-0.39, 0.29) is 9.92 Å². The van der Waals surface area contributed by atoms with Gasteiger partial charge in [-0.25, -0.2) is 12.8 Å². The Kier molecular flexibility index (Phi) is 5.58. The van der Waals surface area contributed by atoms with Crippen LogP contribution in [0.1, 0.15) is 5.56 Å². The van der Waals surface area contributed by atoms with Gasteiger partial charge in [-0.1, -0.05) is 29.3 Å². The average molecular weight is 371 g/mol. The molecule has 0 aliphatic heterocycles. The molecule has 24 heavy (non-hydrogen) atoms. The number of rotatable bonds is 5. The first kappa shape index (κ1) is 18.4. The third-order valence-electron chi connectivity index (χ3n) is 3.28. The summed E-state index contributed by atoms with van der Waals surface area (Å²) in [5.41, 5.74) is 1.61. The number of aryl methyl sites for hydroxylation is 1. The van der Waals surface area contributed by atoms with Crippen molar-refractivity contribution < 1.29 is 17.6 Å². The number of likely N-dealkylation sites (N-methyl/N-ethyl adjacent to an activating group) is 1. The normalized spacial score (nSPS) is 11.5. The Balaban J connectivity index is 2.11. The molecule has 0 atom stereocenters. The number of hydrogen-bond donors (Lipinski definition) is 1. The van der Waals surface area contributed by atoms with Gasteiger partial charge in [0.25, 0.3) is 0 Å². The van der Waals surface area contributed by atoms with Crippen LogP contribution < -0.4 is 5.32 Å². The number of hydrogen-bond acceptors (Lipinski definition) is 3. The highest BCUT2D eigenvalue weighted by atomic mass is 35.5. The third-order valence-corrected chi connectivity index (χ3v) is 5.57. The van der Waals surface area contributed by atoms with Gasteiger partial charge in [0.1, 0.15) is 10.7 Å². The Labute approximate surface area is 145 Å². The SMILES string of the molecule is Cc1ccc(NC(=O)CN(C)S(=O)(=O)c2ccc(F)cc2Cl)cc1. The summed E-state index contributed by atoms with van der Waals surface area (Å²) in [4.78, 5) is 11.8. The van der Waals surface area contributed by atoms with E-state index in [0.717, 1.165) is 28.1 Å². The van der Waals surface area contributed by atoms with Crippen molar-refractivity contribution >= 4 is 33.2 Å². The molecule has 2 aromatic rings. The van der Waals surface area contributed by atoms with Crippen LogP contribution in [0.5, 0.6) is 0 Å². The quantitative estimate of drug-likeness (QED) is 0.879. The topological polar surface area (TPSA) is 66.5 Å². The fourth-order valence-corrected chi connectivity index (χ4v) is 3.60. The van der Waals surface area contributed by atoms with E-state index in [1.807, 2.05) is 19.1 Å². The van der Waals surface area contributed by atoms with Crippen molar-refractivity contribution in [3.8, 4) is 0 Å². The minimum absolute atomic E-state index is 0.235. The molecule has 2 rings (SSSR count). The van der Waals surface area contributed by atoms with Gasteiger partial charge >= 0.3 is 0 Å². The van der Waals surface area contributed by atoms with E-state index in [4.69, 9.17) is 11.6 Å². The monoisotopic (exact) mass is 370 g/mol. The zero-order valence-corrected chi connectivity index (χ0v) is 14.7. The highest BCUT2D eigenvalue weighted by molar-refractivity contribution is 7.89. The Hall–Kier alpha value is -1.96. The van der Waals surface area contributed by atoms with Crippen LogP contribution in [0.15, 0.2) is 47.4 Å². The summed E-state index contributed by atoms with van der Waals surface area (Å²) in [6.45, 7) is 1.52. The highest BCUT2D eigenvalue weighted by Gasteiger charge is 2.25. The molecular weight excluding hydrogens is 355 g/mol. The summed E-state index contributed by atoms with van der Waals surface area (Å²) in [7, 11) is -2.75. The van der Waals surface area contributed by atoms with Crippen molar-refractivity contribution in [2.75, 3.05) is 18.9 Å². The number of benzene rings is 2. The molecule has 0 aromatic heterocycles. The number of sulfonamides is 1. The van der Waals surface area contributed by atoms with Crippen LogP contribution in [0.4, 0.5) is 10.1 Å². The summed E-state index contributed by atoms with van der Waals surface area (Å²) in [6, 6.07) is 10.1. The minimum Gasteiger partial charge on any atom is -0.325 e. The number of anilines is 1. The van der Waals surface area contributed by atoms with Gasteiger partial charge in [0.2, 0.25) is 15.9 Å². The molecule has 0 aliphatic carbocycles. The van der Waals surface area contributed by atoms with Crippen molar-refractivity contribution in [3.05, 3.63) is 58.9 Å². The van der Waals surface area contributed by atoms with Crippen molar-refractivity contribution in [2.45, 2.75) is 11.8 Å². The number of nitrogens with one attached hydrogen (secondary N) is 1. The number of amides is 1. The van der Waals surface area contributed by atoms with E-state index in [1.54, 1.807) is 12.1 Å². The minimum atomic E-state index is -4.01. The molecule has 5 nitrogen and oxygen atoms in total. The number of carbonyl (C=O) groups excluding carboxylic acids is 1. The molecule has 1 amide bonds. The Bertz CT molecular complexity index is 854. The molecule has 1 N–H and O–H groups in total. The van der Waals surface area contributed by atoms with Crippen LogP contribution in [0.2, 0.25) is 5.02 Å². The van der Waals surface area contributed by atoms with Gasteiger partial charge in [-0.2, -0.15) is 4.31 Å². The second-order valence-electron chi connectivity index (χ2n) is 5.25. The molecule has 8 heteroatoms. The Morgan fingerprint density at radius 2 is 1.83 bits per heavy atom. The predicted octanol–water partition coefficient (Wildman–Crippen LogP) is 3.05. The lowest BCUT2D eigenvalue weighted by molar-refractivity contribution is -0.116. The standard InChI is InChI=1S/C16H16ClFN2O3S/c1-11-3-6-13(7-4-11)19-16(21)10-20(2)24(22,23)15-8-5-12(18)9-14(15)17/h3-9H,10H2,1-2H3,(H,19,21). The first-order valence-electron chi connectivity index (χ1n) is 6.98. The van der Waals surface area contributed by atoms with Gasteiger partial charge in [0, 0.05) is 12.7 Å². The molecule has 0 heterocycles. The van der Waals surface area contributed by atoms with Crippen LogP contribution in [0, 0.1) is 12.7 Å². The van der Waals surface area contributed by atoms with E-state index in [0.29, 0.717) is 5.69 Å². The maximum absolute atomic E-state index is 13.1. The summed E-state index contributed by atoms with van der Waals surface area (Å²) in [5, 5.41) is 2.37. The smallest absolute Gasteiger partial charge is 0.244 e. The zero-order valence-electron chi connectivity index (χ0n) is 13.1. The van der Waals surface area contributed by atoms with Crippen LogP contribution >= 0.6 is 11.6 Å². The van der Waals surface area contributed by atoms with Gasteiger partial charge in [-0.15, -0.1) is 0 Å². The Morgan fingerprint density at radius 1 is 1.21 bits per heavy atom. The van der Waals surface area contributed by atoms with E-state index in [9.17, 15) is 17.6 Å². The van der Waals surface area contributed by atoms with Crippen molar-refractivity contribution in [3.63, 3.8) is 0 Å². The van der Waals surface area contributed by atoms with E-state index in [1.165, 1.54) is 7.05 Å². The molecule has 0 unspecified atom stereocenters. The van der Waals surface area contributed by atoms with E-state index in [2.05, 4.69) is 5.32 Å². The molecule has 2 aromatic carbocycles. The van der Waals surface area contributed by atoms with Crippen molar-refractivity contribution in [2.24, 2.45) is 0 Å².